The van der Waals surface area contributed by atoms with E-state index in [1.165, 1.54) is 0 Å². The van der Waals surface area contributed by atoms with E-state index in [0.717, 1.165) is 38.0 Å². The summed E-state index contributed by atoms with van der Waals surface area (Å²) < 4.78 is 6.01. The predicted molar refractivity (Wildman–Crippen MR) is 147 cm³/mol. The molecule has 0 radical (unpaired) electrons. The standard InChI is InChI=1S/C29H35N3O3S/c1-8-24-29(34)32(15-26(33)31-28-21(16(2)3)10-9-11-22(28)17(4)5)23-14-20(12-13-25(23)35-24)27-18(6)36-19(7)30-27/h9-14,16-17,24H,8,15H2,1-7H3,(H,31,33). The van der Waals surface area contributed by atoms with Crippen LogP contribution >= 0.6 is 11.3 Å². The van der Waals surface area contributed by atoms with E-state index in [9.17, 15) is 9.59 Å². The van der Waals surface area contributed by atoms with Gasteiger partial charge in [0.1, 0.15) is 12.3 Å². The summed E-state index contributed by atoms with van der Waals surface area (Å²) >= 11 is 1.64. The maximum absolute atomic E-state index is 13.4. The number of hydrogen-bond acceptors (Lipinski definition) is 5. The van der Waals surface area contributed by atoms with Crippen LogP contribution in [0.3, 0.4) is 0 Å². The molecule has 190 valence electrons. The predicted octanol–water partition coefficient (Wildman–Crippen LogP) is 6.82. The first kappa shape index (κ1) is 25.9. The Kier molecular flexibility index (Phi) is 7.50. The molecule has 0 saturated heterocycles. The molecule has 7 heteroatoms. The Labute approximate surface area is 217 Å². The number of anilines is 2. The SMILES string of the molecule is CCC1Oc2ccc(-c3nc(C)sc3C)cc2N(CC(=O)Nc2c(C(C)C)cccc2C(C)C)C1=O. The summed E-state index contributed by atoms with van der Waals surface area (Å²) in [5, 5.41) is 4.13. The second-order valence-electron chi connectivity index (χ2n) is 9.93. The van der Waals surface area contributed by atoms with E-state index < -0.39 is 6.10 Å². The van der Waals surface area contributed by atoms with Crippen LogP contribution < -0.4 is 15.0 Å². The summed E-state index contributed by atoms with van der Waals surface area (Å²) in [4.78, 5) is 34.2. The van der Waals surface area contributed by atoms with Crippen LogP contribution in [0.15, 0.2) is 36.4 Å². The fourth-order valence-electron chi connectivity index (χ4n) is 4.71. The molecule has 2 aromatic carbocycles. The topological polar surface area (TPSA) is 71.5 Å². The van der Waals surface area contributed by atoms with Crippen molar-refractivity contribution in [3.8, 4) is 17.0 Å². The van der Waals surface area contributed by atoms with Gasteiger partial charge in [-0.1, -0.05) is 52.8 Å². The number of aromatic nitrogens is 1. The summed E-state index contributed by atoms with van der Waals surface area (Å²) in [6.07, 6.45) is -0.0930. The summed E-state index contributed by atoms with van der Waals surface area (Å²) in [6, 6.07) is 11.9. The number of nitrogens with zero attached hydrogens (tertiary/aromatic N) is 2. The average molecular weight is 506 g/mol. The summed E-state index contributed by atoms with van der Waals surface area (Å²) in [5.74, 6) is 0.674. The van der Waals surface area contributed by atoms with Crippen molar-refractivity contribution in [1.29, 1.82) is 0 Å². The van der Waals surface area contributed by atoms with E-state index in [1.807, 2.05) is 45.0 Å². The molecule has 1 atom stereocenters. The lowest BCUT2D eigenvalue weighted by Gasteiger charge is -2.34. The first-order valence-electron chi connectivity index (χ1n) is 12.6. The van der Waals surface area contributed by atoms with Gasteiger partial charge in [-0.25, -0.2) is 4.98 Å². The van der Waals surface area contributed by atoms with E-state index in [2.05, 4.69) is 50.1 Å². The number of amides is 2. The minimum Gasteiger partial charge on any atom is -0.478 e. The molecule has 0 spiro atoms. The molecule has 1 aromatic heterocycles. The molecule has 1 aliphatic rings. The monoisotopic (exact) mass is 505 g/mol. The Morgan fingerprint density at radius 2 is 1.78 bits per heavy atom. The number of carbonyl (C=O) groups is 2. The van der Waals surface area contributed by atoms with Gasteiger partial charge in [-0.15, -0.1) is 11.3 Å². The number of fused-ring (bicyclic) bond motifs is 1. The van der Waals surface area contributed by atoms with Crippen molar-refractivity contribution in [3.63, 3.8) is 0 Å². The van der Waals surface area contributed by atoms with Gasteiger partial charge in [-0.05, 0) is 61.4 Å². The molecule has 0 bridgehead atoms. The number of rotatable bonds is 7. The maximum Gasteiger partial charge on any atom is 0.268 e. The molecular formula is C29H35N3O3S. The molecule has 36 heavy (non-hydrogen) atoms. The number of hydrogen-bond donors (Lipinski definition) is 1. The molecule has 1 N–H and O–H groups in total. The van der Waals surface area contributed by atoms with Crippen molar-refractivity contribution in [2.45, 2.75) is 72.8 Å². The Hall–Kier alpha value is -3.19. The van der Waals surface area contributed by atoms with Gasteiger partial charge in [0.25, 0.3) is 5.91 Å². The highest BCUT2D eigenvalue weighted by Crippen LogP contribution is 2.39. The first-order chi connectivity index (χ1) is 17.1. The van der Waals surface area contributed by atoms with Crippen LogP contribution in [-0.4, -0.2) is 29.4 Å². The van der Waals surface area contributed by atoms with E-state index in [4.69, 9.17) is 4.74 Å². The van der Waals surface area contributed by atoms with Gasteiger partial charge in [-0.2, -0.15) is 0 Å². The van der Waals surface area contributed by atoms with Crippen molar-refractivity contribution < 1.29 is 14.3 Å². The number of ether oxygens (including phenoxy) is 1. The van der Waals surface area contributed by atoms with Crippen molar-refractivity contribution in [2.75, 3.05) is 16.8 Å². The fraction of sp³-hybridized carbons (Fsp3) is 0.414. The lowest BCUT2D eigenvalue weighted by molar-refractivity contribution is -0.128. The third kappa shape index (κ3) is 5.03. The van der Waals surface area contributed by atoms with E-state index in [1.54, 1.807) is 16.2 Å². The van der Waals surface area contributed by atoms with Crippen LogP contribution in [0.1, 0.15) is 73.9 Å². The van der Waals surface area contributed by atoms with Gasteiger partial charge >= 0.3 is 0 Å². The molecule has 2 heterocycles. The smallest absolute Gasteiger partial charge is 0.268 e. The number of para-hydroxylation sites is 1. The van der Waals surface area contributed by atoms with Crippen LogP contribution in [0.5, 0.6) is 5.75 Å². The molecule has 1 aliphatic heterocycles. The Bertz CT molecular complexity index is 1270. The minimum atomic E-state index is -0.617. The summed E-state index contributed by atoms with van der Waals surface area (Å²) in [6.45, 7) is 14.3. The van der Waals surface area contributed by atoms with E-state index in [0.29, 0.717) is 17.9 Å². The molecule has 1 unspecified atom stereocenters. The Morgan fingerprint density at radius 3 is 2.33 bits per heavy atom. The van der Waals surface area contributed by atoms with Gasteiger partial charge in [0.05, 0.1) is 16.4 Å². The molecule has 0 saturated carbocycles. The highest BCUT2D eigenvalue weighted by atomic mass is 32.1. The molecule has 0 aliphatic carbocycles. The van der Waals surface area contributed by atoms with E-state index >= 15 is 0 Å². The average Bonchev–Trinajstić information content (AvgIpc) is 3.17. The second-order valence-corrected chi connectivity index (χ2v) is 11.3. The molecule has 6 nitrogen and oxygen atoms in total. The number of thiazole rings is 1. The van der Waals surface area contributed by atoms with Crippen LogP contribution in [0.25, 0.3) is 11.3 Å². The van der Waals surface area contributed by atoms with Crippen LogP contribution in [0.4, 0.5) is 11.4 Å². The highest BCUT2D eigenvalue weighted by molar-refractivity contribution is 7.11. The van der Waals surface area contributed by atoms with Gasteiger partial charge in [-0.3, -0.25) is 14.5 Å². The highest BCUT2D eigenvalue weighted by Gasteiger charge is 2.35. The molecule has 0 fully saturated rings. The Balaban J connectivity index is 1.69. The molecule has 3 aromatic rings. The van der Waals surface area contributed by atoms with Crippen LogP contribution in [-0.2, 0) is 9.59 Å². The zero-order valence-corrected chi connectivity index (χ0v) is 23.0. The van der Waals surface area contributed by atoms with Gasteiger partial charge < -0.3 is 10.1 Å². The van der Waals surface area contributed by atoms with Crippen molar-refractivity contribution in [3.05, 3.63) is 57.4 Å². The molecule has 4 rings (SSSR count). The summed E-state index contributed by atoms with van der Waals surface area (Å²) in [7, 11) is 0. The van der Waals surface area contributed by atoms with Gasteiger partial charge in [0, 0.05) is 16.1 Å². The quantitative estimate of drug-likeness (QED) is 0.383. The van der Waals surface area contributed by atoms with Crippen molar-refractivity contribution in [1.82, 2.24) is 4.98 Å². The first-order valence-corrected chi connectivity index (χ1v) is 13.4. The number of benzene rings is 2. The largest absolute Gasteiger partial charge is 0.478 e. The molecule has 2 amide bonds. The third-order valence-electron chi connectivity index (χ3n) is 6.55. The number of aryl methyl sites for hydroxylation is 2. The molecular weight excluding hydrogens is 470 g/mol. The minimum absolute atomic E-state index is 0.0891. The van der Waals surface area contributed by atoms with Gasteiger partial charge in [0.2, 0.25) is 5.91 Å². The fourth-order valence-corrected chi connectivity index (χ4v) is 5.55. The lowest BCUT2D eigenvalue weighted by atomic mass is 9.92. The van der Waals surface area contributed by atoms with Crippen molar-refractivity contribution in [2.24, 2.45) is 0 Å². The number of nitrogens with one attached hydrogen (secondary N) is 1. The van der Waals surface area contributed by atoms with Crippen molar-refractivity contribution >= 4 is 34.5 Å². The van der Waals surface area contributed by atoms with Gasteiger partial charge in [0.15, 0.2) is 6.10 Å². The summed E-state index contributed by atoms with van der Waals surface area (Å²) in [5.41, 5.74) is 5.42. The van der Waals surface area contributed by atoms with E-state index in [-0.39, 0.29) is 30.2 Å². The number of carbonyl (C=O) groups excluding carboxylic acids is 2. The second kappa shape index (κ2) is 10.4. The lowest BCUT2D eigenvalue weighted by Crippen LogP contribution is -2.48. The normalized spacial score (nSPS) is 15.3. The van der Waals surface area contributed by atoms with Crippen LogP contribution in [0, 0.1) is 13.8 Å². The van der Waals surface area contributed by atoms with Crippen LogP contribution in [0.2, 0.25) is 0 Å². The Morgan fingerprint density at radius 1 is 1.11 bits per heavy atom. The maximum atomic E-state index is 13.4. The zero-order valence-electron chi connectivity index (χ0n) is 22.1. The third-order valence-corrected chi connectivity index (χ3v) is 7.43. The zero-order chi connectivity index (χ0) is 26.1.